The standard InChI is InChI=1S/C17H28N2O3/c20-14-5-3-8-17(14)9-4-11-19(13-17)16(22)7-12-18-10-2-1-6-15(18)21/h14,20H,1-13H2/t14-,17-/m1/s1. The van der Waals surface area contributed by atoms with E-state index in [1.54, 1.807) is 0 Å². The molecule has 0 aromatic carbocycles. The molecule has 1 aliphatic carbocycles. The number of hydrogen-bond acceptors (Lipinski definition) is 3. The summed E-state index contributed by atoms with van der Waals surface area (Å²) < 4.78 is 0. The van der Waals surface area contributed by atoms with E-state index < -0.39 is 0 Å². The fraction of sp³-hybridized carbons (Fsp3) is 0.882. The topological polar surface area (TPSA) is 60.9 Å². The van der Waals surface area contributed by atoms with Gasteiger partial charge >= 0.3 is 0 Å². The van der Waals surface area contributed by atoms with Crippen LogP contribution in [0.25, 0.3) is 0 Å². The van der Waals surface area contributed by atoms with Crippen LogP contribution < -0.4 is 0 Å². The Balaban J connectivity index is 1.52. The molecule has 3 fully saturated rings. The molecule has 1 N–H and O–H groups in total. The number of rotatable bonds is 3. The number of likely N-dealkylation sites (tertiary alicyclic amines) is 2. The van der Waals surface area contributed by atoms with Gasteiger partial charge in [-0.3, -0.25) is 9.59 Å². The van der Waals surface area contributed by atoms with Crippen LogP contribution in [0.2, 0.25) is 0 Å². The number of carbonyl (C=O) groups excluding carboxylic acids is 2. The Bertz CT molecular complexity index is 440. The molecule has 2 heterocycles. The van der Waals surface area contributed by atoms with Crippen LogP contribution in [0, 0.1) is 5.41 Å². The van der Waals surface area contributed by atoms with E-state index in [9.17, 15) is 14.7 Å². The van der Waals surface area contributed by atoms with Crippen molar-refractivity contribution in [2.45, 2.75) is 63.9 Å². The minimum Gasteiger partial charge on any atom is -0.392 e. The van der Waals surface area contributed by atoms with E-state index in [2.05, 4.69) is 0 Å². The molecule has 3 aliphatic rings. The van der Waals surface area contributed by atoms with Crippen LogP contribution in [0.1, 0.15) is 57.8 Å². The number of aliphatic hydroxyl groups excluding tert-OH is 1. The van der Waals surface area contributed by atoms with Gasteiger partial charge in [0.25, 0.3) is 0 Å². The van der Waals surface area contributed by atoms with Crippen molar-refractivity contribution in [1.82, 2.24) is 9.80 Å². The molecule has 1 spiro atoms. The molecular weight excluding hydrogens is 280 g/mol. The van der Waals surface area contributed by atoms with Crippen LogP contribution >= 0.6 is 0 Å². The van der Waals surface area contributed by atoms with Gasteiger partial charge in [0.05, 0.1) is 6.10 Å². The van der Waals surface area contributed by atoms with Crippen LogP contribution in [0.4, 0.5) is 0 Å². The minimum absolute atomic E-state index is 0.0468. The molecule has 0 bridgehead atoms. The van der Waals surface area contributed by atoms with Crippen LogP contribution in [0.3, 0.4) is 0 Å². The molecule has 22 heavy (non-hydrogen) atoms. The number of hydrogen-bond donors (Lipinski definition) is 1. The van der Waals surface area contributed by atoms with Crippen LogP contribution in [0.15, 0.2) is 0 Å². The van der Waals surface area contributed by atoms with E-state index in [1.165, 1.54) is 0 Å². The Hall–Kier alpha value is -1.10. The third-order valence-electron chi connectivity index (χ3n) is 5.84. The molecule has 0 unspecified atom stereocenters. The molecule has 2 saturated heterocycles. The van der Waals surface area contributed by atoms with Gasteiger partial charge in [0, 0.05) is 44.4 Å². The highest BCUT2D eigenvalue weighted by molar-refractivity contribution is 5.79. The Morgan fingerprint density at radius 1 is 1.18 bits per heavy atom. The molecule has 1 saturated carbocycles. The number of nitrogens with zero attached hydrogens (tertiary/aromatic N) is 2. The molecule has 3 rings (SSSR count). The third-order valence-corrected chi connectivity index (χ3v) is 5.84. The minimum atomic E-state index is -0.244. The summed E-state index contributed by atoms with van der Waals surface area (Å²) in [5.41, 5.74) is -0.0468. The zero-order valence-corrected chi connectivity index (χ0v) is 13.4. The fourth-order valence-electron chi connectivity index (χ4n) is 4.46. The van der Waals surface area contributed by atoms with Gasteiger partial charge in [-0.15, -0.1) is 0 Å². The summed E-state index contributed by atoms with van der Waals surface area (Å²) in [5.74, 6) is 0.344. The first-order valence-corrected chi connectivity index (χ1v) is 8.84. The van der Waals surface area contributed by atoms with Gasteiger partial charge in [-0.05, 0) is 38.5 Å². The lowest BCUT2D eigenvalue weighted by atomic mass is 9.76. The number of amides is 2. The summed E-state index contributed by atoms with van der Waals surface area (Å²) in [4.78, 5) is 28.1. The van der Waals surface area contributed by atoms with Crippen molar-refractivity contribution in [3.8, 4) is 0 Å². The fourth-order valence-corrected chi connectivity index (χ4v) is 4.46. The van der Waals surface area contributed by atoms with Gasteiger partial charge in [0.1, 0.15) is 0 Å². The molecule has 0 aromatic rings. The second-order valence-corrected chi connectivity index (χ2v) is 7.28. The number of piperidine rings is 2. The molecule has 0 radical (unpaired) electrons. The molecular formula is C17H28N2O3. The normalized spacial score (nSPS) is 32.8. The van der Waals surface area contributed by atoms with Crippen molar-refractivity contribution in [2.24, 2.45) is 5.41 Å². The summed E-state index contributed by atoms with van der Waals surface area (Å²) in [7, 11) is 0. The lowest BCUT2D eigenvalue weighted by molar-refractivity contribution is -0.138. The molecule has 5 heteroatoms. The zero-order valence-electron chi connectivity index (χ0n) is 13.4. The second kappa shape index (κ2) is 6.57. The molecule has 2 atom stereocenters. The van der Waals surface area contributed by atoms with E-state index in [-0.39, 0.29) is 23.3 Å². The average molecular weight is 308 g/mol. The van der Waals surface area contributed by atoms with Gasteiger partial charge in [-0.25, -0.2) is 0 Å². The first-order valence-electron chi connectivity index (χ1n) is 8.84. The maximum Gasteiger partial charge on any atom is 0.224 e. The highest BCUT2D eigenvalue weighted by atomic mass is 16.3. The van der Waals surface area contributed by atoms with Crippen molar-refractivity contribution in [1.29, 1.82) is 0 Å². The summed E-state index contributed by atoms with van der Waals surface area (Å²) in [6.07, 6.45) is 7.89. The monoisotopic (exact) mass is 308 g/mol. The van der Waals surface area contributed by atoms with Gasteiger partial charge < -0.3 is 14.9 Å². The lowest BCUT2D eigenvalue weighted by Gasteiger charge is -2.42. The lowest BCUT2D eigenvalue weighted by Crippen LogP contribution is -2.50. The Morgan fingerprint density at radius 2 is 2.00 bits per heavy atom. The zero-order chi connectivity index (χ0) is 15.6. The van der Waals surface area contributed by atoms with Crippen LogP contribution in [-0.2, 0) is 9.59 Å². The van der Waals surface area contributed by atoms with Crippen molar-refractivity contribution in [3.63, 3.8) is 0 Å². The van der Waals surface area contributed by atoms with E-state index in [0.29, 0.717) is 25.9 Å². The smallest absolute Gasteiger partial charge is 0.224 e. The molecule has 2 amide bonds. The summed E-state index contributed by atoms with van der Waals surface area (Å²) in [6.45, 7) is 2.88. The predicted molar refractivity (Wildman–Crippen MR) is 83.2 cm³/mol. The van der Waals surface area contributed by atoms with E-state index in [0.717, 1.165) is 58.0 Å². The van der Waals surface area contributed by atoms with Gasteiger partial charge in [-0.1, -0.05) is 6.42 Å². The number of aliphatic hydroxyl groups is 1. The molecule has 5 nitrogen and oxygen atoms in total. The maximum atomic E-state index is 12.5. The summed E-state index contributed by atoms with van der Waals surface area (Å²) in [5, 5.41) is 10.3. The number of carbonyl (C=O) groups is 2. The van der Waals surface area contributed by atoms with Gasteiger partial charge in [-0.2, -0.15) is 0 Å². The Kier molecular flexibility index (Phi) is 4.71. The first kappa shape index (κ1) is 15.8. The van der Waals surface area contributed by atoms with Gasteiger partial charge in [0.15, 0.2) is 0 Å². The van der Waals surface area contributed by atoms with Crippen molar-refractivity contribution >= 4 is 11.8 Å². The second-order valence-electron chi connectivity index (χ2n) is 7.28. The first-order chi connectivity index (χ1) is 10.6. The average Bonchev–Trinajstić information content (AvgIpc) is 2.86. The van der Waals surface area contributed by atoms with Crippen LogP contribution in [0.5, 0.6) is 0 Å². The maximum absolute atomic E-state index is 12.5. The van der Waals surface area contributed by atoms with Gasteiger partial charge in [0.2, 0.25) is 11.8 Å². The van der Waals surface area contributed by atoms with E-state index >= 15 is 0 Å². The van der Waals surface area contributed by atoms with E-state index in [1.807, 2.05) is 9.80 Å². The van der Waals surface area contributed by atoms with Crippen molar-refractivity contribution in [2.75, 3.05) is 26.2 Å². The Labute approximate surface area is 132 Å². The molecule has 2 aliphatic heterocycles. The largest absolute Gasteiger partial charge is 0.392 e. The predicted octanol–water partition coefficient (Wildman–Crippen LogP) is 1.54. The SMILES string of the molecule is O=C1CCCCN1CCC(=O)N1CCC[C@]2(CCC[C@H]2O)C1. The highest BCUT2D eigenvalue weighted by Gasteiger charge is 2.45. The molecule has 0 aromatic heterocycles. The quantitative estimate of drug-likeness (QED) is 0.860. The Morgan fingerprint density at radius 3 is 2.73 bits per heavy atom. The summed E-state index contributed by atoms with van der Waals surface area (Å²) >= 11 is 0. The third kappa shape index (κ3) is 3.14. The highest BCUT2D eigenvalue weighted by Crippen LogP contribution is 2.45. The van der Waals surface area contributed by atoms with Crippen LogP contribution in [-0.4, -0.2) is 59.0 Å². The van der Waals surface area contributed by atoms with E-state index in [4.69, 9.17) is 0 Å². The van der Waals surface area contributed by atoms with Crippen molar-refractivity contribution in [3.05, 3.63) is 0 Å². The molecule has 124 valence electrons. The van der Waals surface area contributed by atoms with Crippen molar-refractivity contribution < 1.29 is 14.7 Å². The summed E-state index contributed by atoms with van der Waals surface area (Å²) in [6, 6.07) is 0.